The molecule has 0 aliphatic carbocycles. The third-order valence-electron chi connectivity index (χ3n) is 3.83. The van der Waals surface area contributed by atoms with Crippen LogP contribution in [-0.4, -0.2) is 8.76 Å². The van der Waals surface area contributed by atoms with Gasteiger partial charge in [-0.25, -0.2) is 4.21 Å². The topological polar surface area (TPSA) is 40.5 Å². The van der Waals surface area contributed by atoms with Gasteiger partial charge >= 0.3 is 0 Å². The van der Waals surface area contributed by atoms with Crippen molar-refractivity contribution in [1.82, 2.24) is 0 Å². The summed E-state index contributed by atoms with van der Waals surface area (Å²) in [6.45, 7) is 0.391. The monoisotopic (exact) mass is 337 g/mol. The van der Waals surface area contributed by atoms with Gasteiger partial charge < -0.3 is 0 Å². The van der Waals surface area contributed by atoms with E-state index in [9.17, 15) is 8.76 Å². The fourth-order valence-electron chi connectivity index (χ4n) is 2.60. The van der Waals surface area contributed by atoms with Gasteiger partial charge in [0.25, 0.3) is 11.3 Å². The molecule has 0 aliphatic rings. The van der Waals surface area contributed by atoms with Crippen LogP contribution in [0.15, 0.2) is 84.9 Å². The molecule has 0 spiro atoms. The van der Waals surface area contributed by atoms with Crippen LogP contribution >= 0.6 is 0 Å². The second kappa shape index (κ2) is 7.90. The molecule has 24 heavy (non-hydrogen) atoms. The van der Waals surface area contributed by atoms with Crippen LogP contribution in [0.5, 0.6) is 0 Å². The van der Waals surface area contributed by atoms with Crippen molar-refractivity contribution >= 4 is 17.0 Å². The van der Waals surface area contributed by atoms with E-state index in [1.54, 1.807) is 0 Å². The molecule has 0 heterocycles. The van der Waals surface area contributed by atoms with Crippen molar-refractivity contribution in [2.24, 2.45) is 0 Å². The summed E-state index contributed by atoms with van der Waals surface area (Å²) < 4.78 is 22.8. The Morgan fingerprint density at radius 2 is 1.21 bits per heavy atom. The van der Waals surface area contributed by atoms with Crippen LogP contribution in [0.2, 0.25) is 0 Å². The zero-order valence-corrected chi connectivity index (χ0v) is 14.0. The van der Waals surface area contributed by atoms with E-state index in [-0.39, 0.29) is 0 Å². The molecule has 3 aromatic carbocycles. The summed E-state index contributed by atoms with van der Waals surface area (Å²) in [4.78, 5) is 0. The van der Waals surface area contributed by atoms with Crippen LogP contribution < -0.4 is 4.31 Å². The molecule has 0 bridgehead atoms. The zero-order chi connectivity index (χ0) is 16.8. The van der Waals surface area contributed by atoms with E-state index in [4.69, 9.17) is 0 Å². The molecule has 0 fully saturated rings. The maximum Gasteiger partial charge on any atom is 0.262 e. The maximum atomic E-state index is 11.7. The van der Waals surface area contributed by atoms with Crippen molar-refractivity contribution in [1.29, 1.82) is 0 Å². The van der Waals surface area contributed by atoms with Crippen molar-refractivity contribution in [2.45, 2.75) is 13.0 Å². The van der Waals surface area contributed by atoms with Crippen LogP contribution in [-0.2, 0) is 24.2 Å². The van der Waals surface area contributed by atoms with Gasteiger partial charge in [-0.3, -0.25) is 8.86 Å². The molecule has 1 N–H and O–H groups in total. The molecular formula is C20H19NO2S. The van der Waals surface area contributed by atoms with Crippen molar-refractivity contribution < 1.29 is 8.76 Å². The molecule has 1 atom stereocenters. The molecule has 0 aromatic heterocycles. The number of benzene rings is 3. The molecule has 0 aliphatic heterocycles. The van der Waals surface area contributed by atoms with Gasteiger partial charge in [0.15, 0.2) is 0 Å². The lowest BCUT2D eigenvalue weighted by Gasteiger charge is -2.20. The third kappa shape index (κ3) is 4.31. The van der Waals surface area contributed by atoms with Crippen LogP contribution in [0, 0.1) is 0 Å². The standard InChI is InChI=1S/C20H19NO2S/c22-24(23)21(16-19-9-5-2-6-10-19)20-13-11-18(12-14-20)15-17-7-3-1-4-8-17/h1-14H,15-16H2,(H,22,23). The van der Waals surface area contributed by atoms with E-state index < -0.39 is 11.3 Å². The Hall–Kier alpha value is -2.43. The Morgan fingerprint density at radius 1 is 0.708 bits per heavy atom. The van der Waals surface area contributed by atoms with Crippen molar-refractivity contribution in [3.05, 3.63) is 102 Å². The second-order valence-electron chi connectivity index (χ2n) is 5.58. The first-order valence-corrected chi connectivity index (χ1v) is 8.84. The number of hydrogen-bond donors (Lipinski definition) is 1. The number of rotatable bonds is 6. The van der Waals surface area contributed by atoms with Gasteiger partial charge in [-0.2, -0.15) is 0 Å². The van der Waals surface area contributed by atoms with Crippen molar-refractivity contribution in [3.63, 3.8) is 0 Å². The Bertz CT molecular complexity index is 789. The van der Waals surface area contributed by atoms with E-state index >= 15 is 0 Å². The molecule has 1 unspecified atom stereocenters. The highest BCUT2D eigenvalue weighted by molar-refractivity contribution is 7.80. The zero-order valence-electron chi connectivity index (χ0n) is 13.2. The highest BCUT2D eigenvalue weighted by atomic mass is 32.2. The van der Waals surface area contributed by atoms with E-state index in [1.807, 2.05) is 72.8 Å². The molecule has 0 saturated heterocycles. The van der Waals surface area contributed by atoms with Crippen LogP contribution in [0.25, 0.3) is 0 Å². The number of hydrogen-bond acceptors (Lipinski definition) is 1. The SMILES string of the molecule is O=S(O)N(Cc1ccccc1)c1ccc(Cc2ccccc2)cc1. The Labute approximate surface area is 145 Å². The molecule has 3 nitrogen and oxygen atoms in total. The molecule has 3 aromatic rings. The Kier molecular flexibility index (Phi) is 5.41. The van der Waals surface area contributed by atoms with Gasteiger partial charge in [-0.05, 0) is 35.2 Å². The summed E-state index contributed by atoms with van der Waals surface area (Å²) in [5.74, 6) is 0. The summed E-state index contributed by atoms with van der Waals surface area (Å²) in [7, 11) is 0. The number of anilines is 1. The lowest BCUT2D eigenvalue weighted by molar-refractivity contribution is 0.558. The molecular weight excluding hydrogens is 318 g/mol. The quantitative estimate of drug-likeness (QED) is 0.676. The molecule has 122 valence electrons. The average molecular weight is 337 g/mol. The smallest absolute Gasteiger partial charge is 0.262 e. The summed E-state index contributed by atoms with van der Waals surface area (Å²) in [5, 5.41) is 0. The normalized spacial score (nSPS) is 11.9. The Balaban J connectivity index is 1.75. The fraction of sp³-hybridized carbons (Fsp3) is 0.100. The van der Waals surface area contributed by atoms with Gasteiger partial charge in [-0.1, -0.05) is 72.8 Å². The predicted octanol–water partition coefficient (Wildman–Crippen LogP) is 4.42. The molecule has 3 rings (SSSR count). The summed E-state index contributed by atoms with van der Waals surface area (Å²) in [6, 6.07) is 27.7. The van der Waals surface area contributed by atoms with E-state index in [0.717, 1.165) is 17.7 Å². The maximum absolute atomic E-state index is 11.7. The lowest BCUT2D eigenvalue weighted by atomic mass is 10.0. The largest absolute Gasteiger partial charge is 0.289 e. The third-order valence-corrected chi connectivity index (χ3v) is 4.55. The first-order chi connectivity index (χ1) is 11.7. The first-order valence-electron chi connectivity index (χ1n) is 7.78. The lowest BCUT2D eigenvalue weighted by Crippen LogP contribution is -2.24. The molecule has 4 heteroatoms. The number of nitrogens with zero attached hydrogens (tertiary/aromatic N) is 1. The minimum absolute atomic E-state index is 0.391. The van der Waals surface area contributed by atoms with Crippen LogP contribution in [0.1, 0.15) is 16.7 Å². The second-order valence-corrected chi connectivity index (χ2v) is 6.48. The molecule has 0 amide bonds. The summed E-state index contributed by atoms with van der Waals surface area (Å²) in [6.07, 6.45) is 0.849. The van der Waals surface area contributed by atoms with Crippen molar-refractivity contribution in [2.75, 3.05) is 4.31 Å². The van der Waals surface area contributed by atoms with Crippen molar-refractivity contribution in [3.8, 4) is 0 Å². The fourth-order valence-corrected chi connectivity index (χ4v) is 3.16. The van der Waals surface area contributed by atoms with E-state index in [1.165, 1.54) is 15.4 Å². The van der Waals surface area contributed by atoms with Gasteiger partial charge in [0.2, 0.25) is 0 Å². The van der Waals surface area contributed by atoms with Gasteiger partial charge in [0.1, 0.15) is 0 Å². The Morgan fingerprint density at radius 3 is 1.75 bits per heavy atom. The van der Waals surface area contributed by atoms with Gasteiger partial charge in [0.05, 0.1) is 12.2 Å². The molecule has 0 radical (unpaired) electrons. The van der Waals surface area contributed by atoms with Gasteiger partial charge in [0, 0.05) is 0 Å². The predicted molar refractivity (Wildman–Crippen MR) is 99.1 cm³/mol. The van der Waals surface area contributed by atoms with E-state index in [2.05, 4.69) is 12.1 Å². The summed E-state index contributed by atoms with van der Waals surface area (Å²) >= 11 is -2.07. The summed E-state index contributed by atoms with van der Waals surface area (Å²) in [5.41, 5.74) is 4.15. The van der Waals surface area contributed by atoms with Crippen LogP contribution in [0.4, 0.5) is 5.69 Å². The minimum Gasteiger partial charge on any atom is -0.289 e. The first kappa shape index (κ1) is 16.4. The average Bonchev–Trinajstić information content (AvgIpc) is 2.62. The highest BCUT2D eigenvalue weighted by Gasteiger charge is 2.13. The molecule has 0 saturated carbocycles. The van der Waals surface area contributed by atoms with E-state index in [0.29, 0.717) is 6.54 Å². The van der Waals surface area contributed by atoms with Gasteiger partial charge in [-0.15, -0.1) is 0 Å². The highest BCUT2D eigenvalue weighted by Crippen LogP contribution is 2.20. The minimum atomic E-state index is -2.07. The van der Waals surface area contributed by atoms with Crippen LogP contribution in [0.3, 0.4) is 0 Å².